The number of hydrogen-bond acceptors (Lipinski definition) is 4. The second kappa shape index (κ2) is 8.60. The fraction of sp³-hybridized carbons (Fsp3) is 0.227. The van der Waals surface area contributed by atoms with Crippen molar-refractivity contribution in [2.24, 2.45) is 5.73 Å². The number of nitrogens with zero attached hydrogens (tertiary/aromatic N) is 3. The van der Waals surface area contributed by atoms with E-state index in [0.717, 1.165) is 16.9 Å². The van der Waals surface area contributed by atoms with Crippen molar-refractivity contribution in [3.05, 3.63) is 71.6 Å². The van der Waals surface area contributed by atoms with Crippen LogP contribution in [0, 0.1) is 0 Å². The van der Waals surface area contributed by atoms with E-state index in [9.17, 15) is 9.59 Å². The number of nitrogens with two attached hydrogens (primary N) is 1. The number of carbonyl (C=O) groups is 2. The Morgan fingerprint density at radius 1 is 1.24 bits per heavy atom. The lowest BCUT2D eigenvalue weighted by atomic mass is 10.1. The van der Waals surface area contributed by atoms with Gasteiger partial charge in [-0.2, -0.15) is 5.10 Å². The number of ether oxygens (including phenoxy) is 1. The van der Waals surface area contributed by atoms with Crippen LogP contribution in [0.1, 0.15) is 35.3 Å². The molecule has 0 bridgehead atoms. The number of primary amides is 1. The van der Waals surface area contributed by atoms with Gasteiger partial charge in [0.05, 0.1) is 24.4 Å². The first-order valence-corrected chi connectivity index (χ1v) is 9.28. The van der Waals surface area contributed by atoms with E-state index >= 15 is 0 Å². The first kappa shape index (κ1) is 20.1. The molecule has 2 aromatic heterocycles. The van der Waals surface area contributed by atoms with Crippen LogP contribution in [-0.2, 0) is 11.3 Å². The number of methoxy groups -OCH3 is 1. The smallest absolute Gasteiger partial charge is 0.252 e. The van der Waals surface area contributed by atoms with Gasteiger partial charge in [0.2, 0.25) is 5.91 Å². The molecule has 0 spiro atoms. The van der Waals surface area contributed by atoms with Gasteiger partial charge in [0.1, 0.15) is 5.75 Å². The summed E-state index contributed by atoms with van der Waals surface area (Å²) in [5.41, 5.74) is 8.19. The lowest BCUT2D eigenvalue weighted by Crippen LogP contribution is -2.35. The van der Waals surface area contributed by atoms with Crippen molar-refractivity contribution < 1.29 is 14.3 Å². The molecular weight excluding hydrogens is 368 g/mol. The van der Waals surface area contributed by atoms with E-state index in [1.807, 2.05) is 50.2 Å². The first-order chi connectivity index (χ1) is 13.9. The number of benzene rings is 1. The quantitative estimate of drug-likeness (QED) is 0.626. The van der Waals surface area contributed by atoms with Crippen LogP contribution in [0.25, 0.3) is 11.6 Å². The summed E-state index contributed by atoms with van der Waals surface area (Å²) < 4.78 is 6.74. The summed E-state index contributed by atoms with van der Waals surface area (Å²) in [7, 11) is 1.61. The SMILES string of the molecule is COc1ccc(C=CC(=O)N(Cc2ccn3ncc(C(N)=O)c3c2)C(C)C)cc1. The predicted molar refractivity (Wildman–Crippen MR) is 111 cm³/mol. The average molecular weight is 392 g/mol. The number of aromatic nitrogens is 2. The Bertz CT molecular complexity index is 1050. The summed E-state index contributed by atoms with van der Waals surface area (Å²) >= 11 is 0. The van der Waals surface area contributed by atoms with Crippen LogP contribution in [-0.4, -0.2) is 39.5 Å². The summed E-state index contributed by atoms with van der Waals surface area (Å²) in [5, 5.41) is 4.12. The topological polar surface area (TPSA) is 89.9 Å². The lowest BCUT2D eigenvalue weighted by molar-refractivity contribution is -0.128. The number of hydrogen-bond donors (Lipinski definition) is 1. The summed E-state index contributed by atoms with van der Waals surface area (Å²) in [5.74, 6) is 0.138. The Balaban J connectivity index is 1.79. The molecule has 2 amide bonds. The Labute approximate surface area is 169 Å². The van der Waals surface area contributed by atoms with E-state index < -0.39 is 5.91 Å². The maximum atomic E-state index is 12.8. The molecule has 29 heavy (non-hydrogen) atoms. The van der Waals surface area contributed by atoms with Crippen LogP contribution in [0.2, 0.25) is 0 Å². The molecule has 3 rings (SSSR count). The van der Waals surface area contributed by atoms with Gasteiger partial charge in [0, 0.05) is 24.9 Å². The lowest BCUT2D eigenvalue weighted by Gasteiger charge is -2.25. The van der Waals surface area contributed by atoms with E-state index in [2.05, 4.69) is 5.10 Å². The molecule has 0 saturated carbocycles. The molecule has 2 N–H and O–H groups in total. The molecule has 7 nitrogen and oxygen atoms in total. The normalized spacial score (nSPS) is 11.3. The molecule has 0 unspecified atom stereocenters. The van der Waals surface area contributed by atoms with Gasteiger partial charge in [-0.05, 0) is 55.3 Å². The van der Waals surface area contributed by atoms with Crippen LogP contribution in [0.4, 0.5) is 0 Å². The van der Waals surface area contributed by atoms with E-state index in [0.29, 0.717) is 17.6 Å². The Kier molecular flexibility index (Phi) is 5.97. The minimum atomic E-state index is -0.531. The Morgan fingerprint density at radius 2 is 1.97 bits per heavy atom. The zero-order chi connectivity index (χ0) is 21.0. The standard InChI is InChI=1S/C22H24N4O3/c1-15(2)25(21(27)9-6-16-4-7-18(29-3)8-5-16)14-17-10-11-26-20(12-17)19(13-24-26)22(23)28/h4-13,15H,14H2,1-3H3,(H2,23,28). The van der Waals surface area contributed by atoms with Crippen molar-refractivity contribution in [1.29, 1.82) is 0 Å². The molecule has 1 aromatic carbocycles. The number of fused-ring (bicyclic) bond motifs is 1. The number of rotatable bonds is 7. The highest BCUT2D eigenvalue weighted by molar-refractivity contribution is 5.99. The van der Waals surface area contributed by atoms with Gasteiger partial charge in [0.15, 0.2) is 0 Å². The van der Waals surface area contributed by atoms with Crippen molar-refractivity contribution in [2.45, 2.75) is 26.4 Å². The third-order valence-corrected chi connectivity index (χ3v) is 4.64. The number of pyridine rings is 1. The van der Waals surface area contributed by atoms with Crippen LogP contribution < -0.4 is 10.5 Å². The molecule has 0 atom stereocenters. The molecule has 0 fully saturated rings. The zero-order valence-electron chi connectivity index (χ0n) is 16.7. The second-order valence-electron chi connectivity index (χ2n) is 6.95. The van der Waals surface area contributed by atoms with Gasteiger partial charge in [-0.25, -0.2) is 4.52 Å². The van der Waals surface area contributed by atoms with Gasteiger partial charge in [-0.3, -0.25) is 9.59 Å². The second-order valence-corrected chi connectivity index (χ2v) is 6.95. The Hall–Kier alpha value is -3.61. The third-order valence-electron chi connectivity index (χ3n) is 4.64. The van der Waals surface area contributed by atoms with Crippen LogP contribution >= 0.6 is 0 Å². The number of carbonyl (C=O) groups excluding carboxylic acids is 2. The largest absolute Gasteiger partial charge is 0.497 e. The summed E-state index contributed by atoms with van der Waals surface area (Å²) in [4.78, 5) is 26.1. The van der Waals surface area contributed by atoms with Gasteiger partial charge in [-0.15, -0.1) is 0 Å². The highest BCUT2D eigenvalue weighted by Crippen LogP contribution is 2.16. The minimum absolute atomic E-state index is 0.000217. The molecule has 0 aliphatic rings. The molecule has 0 aliphatic heterocycles. The molecular formula is C22H24N4O3. The maximum absolute atomic E-state index is 12.8. The highest BCUT2D eigenvalue weighted by atomic mass is 16.5. The zero-order valence-corrected chi connectivity index (χ0v) is 16.7. The van der Waals surface area contributed by atoms with Crippen LogP contribution in [0.5, 0.6) is 5.75 Å². The average Bonchev–Trinajstić information content (AvgIpc) is 3.14. The van der Waals surface area contributed by atoms with Crippen molar-refractivity contribution in [3.63, 3.8) is 0 Å². The molecule has 0 saturated heterocycles. The molecule has 0 aliphatic carbocycles. The maximum Gasteiger partial charge on any atom is 0.252 e. The van der Waals surface area contributed by atoms with Crippen molar-refractivity contribution in [2.75, 3.05) is 7.11 Å². The van der Waals surface area contributed by atoms with E-state index in [-0.39, 0.29) is 11.9 Å². The fourth-order valence-electron chi connectivity index (χ4n) is 3.00. The van der Waals surface area contributed by atoms with E-state index in [1.165, 1.54) is 6.20 Å². The molecule has 150 valence electrons. The van der Waals surface area contributed by atoms with Crippen LogP contribution in [0.3, 0.4) is 0 Å². The summed E-state index contributed by atoms with van der Waals surface area (Å²) in [6.45, 7) is 4.33. The summed E-state index contributed by atoms with van der Waals surface area (Å²) in [6.07, 6.45) is 6.55. The first-order valence-electron chi connectivity index (χ1n) is 9.28. The van der Waals surface area contributed by atoms with Gasteiger partial charge >= 0.3 is 0 Å². The Morgan fingerprint density at radius 3 is 2.59 bits per heavy atom. The summed E-state index contributed by atoms with van der Waals surface area (Å²) in [6, 6.07) is 11.2. The molecule has 3 aromatic rings. The van der Waals surface area contributed by atoms with E-state index in [4.69, 9.17) is 10.5 Å². The molecule has 2 heterocycles. The predicted octanol–water partition coefficient (Wildman–Crippen LogP) is 2.89. The highest BCUT2D eigenvalue weighted by Gasteiger charge is 2.16. The monoisotopic (exact) mass is 392 g/mol. The molecule has 0 radical (unpaired) electrons. The third kappa shape index (κ3) is 4.63. The van der Waals surface area contributed by atoms with Gasteiger partial charge in [-0.1, -0.05) is 12.1 Å². The van der Waals surface area contributed by atoms with Crippen LogP contribution in [0.15, 0.2) is 54.9 Å². The minimum Gasteiger partial charge on any atom is -0.497 e. The van der Waals surface area contributed by atoms with Gasteiger partial charge in [0.25, 0.3) is 5.91 Å². The fourth-order valence-corrected chi connectivity index (χ4v) is 3.00. The van der Waals surface area contributed by atoms with Gasteiger partial charge < -0.3 is 15.4 Å². The van der Waals surface area contributed by atoms with Crippen molar-refractivity contribution in [1.82, 2.24) is 14.5 Å². The molecule has 7 heteroatoms. The van der Waals surface area contributed by atoms with Crippen molar-refractivity contribution in [3.8, 4) is 5.75 Å². The van der Waals surface area contributed by atoms with Crippen molar-refractivity contribution >= 4 is 23.4 Å². The van der Waals surface area contributed by atoms with E-state index in [1.54, 1.807) is 34.9 Å². The number of amides is 2.